The molecule has 3 atom stereocenters. The summed E-state index contributed by atoms with van der Waals surface area (Å²) in [6.45, 7) is 0. The number of benzene rings is 2. The summed E-state index contributed by atoms with van der Waals surface area (Å²) in [5, 5.41) is 4.22. The van der Waals surface area contributed by atoms with Crippen LogP contribution in [0, 0.1) is 11.8 Å². The molecule has 2 fully saturated rings. The van der Waals surface area contributed by atoms with Crippen molar-refractivity contribution in [3.05, 3.63) is 83.3 Å². The van der Waals surface area contributed by atoms with Crippen LogP contribution in [0.2, 0.25) is 0 Å². The fourth-order valence-corrected chi connectivity index (χ4v) is 5.45. The molecule has 0 spiro atoms. The average Bonchev–Trinajstić information content (AvgIpc) is 3.44. The number of nitrogens with zero attached hydrogens (tertiary/aromatic N) is 3. The number of aromatic nitrogens is 3. The van der Waals surface area contributed by atoms with Crippen molar-refractivity contribution in [2.75, 3.05) is 5.32 Å². The largest absolute Gasteiger partial charge is 0.324 e. The van der Waals surface area contributed by atoms with E-state index in [2.05, 4.69) is 34.6 Å². The van der Waals surface area contributed by atoms with E-state index in [1.807, 2.05) is 47.2 Å². The van der Waals surface area contributed by atoms with E-state index in [4.69, 9.17) is 4.98 Å². The smallest absolute Gasteiger partial charge is 0.252 e. The van der Waals surface area contributed by atoms with Gasteiger partial charge in [0.15, 0.2) is 0 Å². The predicted octanol–water partition coefficient (Wildman–Crippen LogP) is 5.56. The minimum atomic E-state index is 0.0434. The molecule has 6 rings (SSSR count). The molecule has 0 amide bonds. The van der Waals surface area contributed by atoms with Crippen LogP contribution in [-0.2, 0) is 0 Å². The lowest BCUT2D eigenvalue weighted by Crippen LogP contribution is -2.28. The Balaban J connectivity index is 1.33. The van der Waals surface area contributed by atoms with Crippen molar-refractivity contribution < 1.29 is 0 Å². The standard InChI is InChI=1S/C26H24N4O/c31-24-13-10-21-16-27-26(29-25(21)30(24)23-15-17-6-7-20(23)14-17)28-22-11-8-19(9-12-22)18-4-2-1-3-5-18/h1-5,8-13,16-17,20,23H,6-7,14-15H2,(H,27,28,29). The van der Waals surface area contributed by atoms with Crippen molar-refractivity contribution in [2.24, 2.45) is 11.8 Å². The Morgan fingerprint density at radius 3 is 2.42 bits per heavy atom. The molecule has 5 nitrogen and oxygen atoms in total. The molecule has 31 heavy (non-hydrogen) atoms. The lowest BCUT2D eigenvalue weighted by atomic mass is 9.95. The molecule has 2 aliphatic carbocycles. The lowest BCUT2D eigenvalue weighted by molar-refractivity contribution is 0.329. The van der Waals surface area contributed by atoms with Gasteiger partial charge in [-0.15, -0.1) is 0 Å². The number of hydrogen-bond donors (Lipinski definition) is 1. The Kier molecular flexibility index (Phi) is 4.34. The molecular weight excluding hydrogens is 384 g/mol. The van der Waals surface area contributed by atoms with Crippen molar-refractivity contribution in [3.8, 4) is 11.1 Å². The Morgan fingerprint density at radius 2 is 1.68 bits per heavy atom. The van der Waals surface area contributed by atoms with E-state index in [1.54, 1.807) is 6.07 Å². The van der Waals surface area contributed by atoms with E-state index in [0.717, 1.165) is 34.6 Å². The molecule has 2 aromatic heterocycles. The molecule has 3 unspecified atom stereocenters. The van der Waals surface area contributed by atoms with Gasteiger partial charge in [-0.25, -0.2) is 4.98 Å². The maximum atomic E-state index is 12.8. The summed E-state index contributed by atoms with van der Waals surface area (Å²) in [5.41, 5.74) is 4.05. The van der Waals surface area contributed by atoms with E-state index in [1.165, 1.54) is 24.8 Å². The number of nitrogens with one attached hydrogen (secondary N) is 1. The van der Waals surface area contributed by atoms with E-state index in [-0.39, 0.29) is 11.6 Å². The Hall–Kier alpha value is -3.47. The fraction of sp³-hybridized carbons (Fsp3) is 0.269. The number of hydrogen-bond acceptors (Lipinski definition) is 4. The first-order valence-electron chi connectivity index (χ1n) is 11.1. The third kappa shape index (κ3) is 3.30. The third-order valence-corrected chi connectivity index (χ3v) is 6.95. The van der Waals surface area contributed by atoms with Gasteiger partial charge in [-0.1, -0.05) is 48.9 Å². The van der Waals surface area contributed by atoms with Gasteiger partial charge in [-0.2, -0.15) is 4.98 Å². The van der Waals surface area contributed by atoms with Crippen molar-refractivity contribution in [1.29, 1.82) is 0 Å². The van der Waals surface area contributed by atoms with Crippen LogP contribution < -0.4 is 10.9 Å². The maximum Gasteiger partial charge on any atom is 0.252 e. The molecule has 2 aliphatic rings. The number of fused-ring (bicyclic) bond motifs is 3. The Bertz CT molecular complexity index is 1300. The lowest BCUT2D eigenvalue weighted by Gasteiger charge is -2.25. The predicted molar refractivity (Wildman–Crippen MR) is 123 cm³/mol. The minimum Gasteiger partial charge on any atom is -0.324 e. The van der Waals surface area contributed by atoms with Crippen molar-refractivity contribution in [1.82, 2.24) is 14.5 Å². The van der Waals surface area contributed by atoms with Crippen LogP contribution in [0.25, 0.3) is 22.2 Å². The van der Waals surface area contributed by atoms with Gasteiger partial charge in [0.05, 0.1) is 0 Å². The van der Waals surface area contributed by atoms with Gasteiger partial charge in [-0.3, -0.25) is 9.36 Å². The summed E-state index contributed by atoms with van der Waals surface area (Å²) in [7, 11) is 0. The monoisotopic (exact) mass is 408 g/mol. The van der Waals surface area contributed by atoms with Crippen LogP contribution in [0.5, 0.6) is 0 Å². The molecule has 1 N–H and O–H groups in total. The molecule has 2 bridgehead atoms. The van der Waals surface area contributed by atoms with Crippen molar-refractivity contribution in [3.63, 3.8) is 0 Å². The van der Waals surface area contributed by atoms with Gasteiger partial charge < -0.3 is 5.32 Å². The van der Waals surface area contributed by atoms with Crippen molar-refractivity contribution in [2.45, 2.75) is 31.7 Å². The zero-order valence-electron chi connectivity index (χ0n) is 17.2. The molecule has 5 heteroatoms. The second-order valence-electron chi connectivity index (χ2n) is 8.82. The van der Waals surface area contributed by atoms with E-state index >= 15 is 0 Å². The average molecular weight is 409 g/mol. The highest BCUT2D eigenvalue weighted by molar-refractivity contribution is 5.76. The summed E-state index contributed by atoms with van der Waals surface area (Å²) in [4.78, 5) is 22.1. The topological polar surface area (TPSA) is 59.8 Å². The van der Waals surface area contributed by atoms with Gasteiger partial charge in [0.1, 0.15) is 5.65 Å². The summed E-state index contributed by atoms with van der Waals surface area (Å²) in [6.07, 6.45) is 6.69. The highest BCUT2D eigenvalue weighted by Gasteiger charge is 2.41. The molecule has 0 saturated heterocycles. The number of rotatable bonds is 4. The van der Waals surface area contributed by atoms with Crippen LogP contribution in [0.4, 0.5) is 11.6 Å². The summed E-state index contributed by atoms with van der Waals surface area (Å²) >= 11 is 0. The molecule has 154 valence electrons. The highest BCUT2D eigenvalue weighted by atomic mass is 16.1. The Morgan fingerprint density at radius 1 is 0.871 bits per heavy atom. The SMILES string of the molecule is O=c1ccc2cnc(Nc3ccc(-c4ccccc4)cc3)nc2n1C1CC2CCC1C2. The number of anilines is 2. The normalized spacial score (nSPS) is 22.1. The van der Waals surface area contributed by atoms with Gasteiger partial charge >= 0.3 is 0 Å². The molecule has 2 aromatic carbocycles. The molecule has 2 heterocycles. The molecule has 4 aromatic rings. The molecule has 0 radical (unpaired) electrons. The second kappa shape index (κ2) is 7.34. The van der Waals surface area contributed by atoms with Crippen LogP contribution in [0.15, 0.2) is 77.7 Å². The molecular formula is C26H24N4O. The first-order valence-corrected chi connectivity index (χ1v) is 11.1. The zero-order valence-corrected chi connectivity index (χ0v) is 17.2. The first kappa shape index (κ1) is 18.3. The van der Waals surface area contributed by atoms with Gasteiger partial charge in [0.25, 0.3) is 5.56 Å². The summed E-state index contributed by atoms with van der Waals surface area (Å²) < 4.78 is 1.94. The van der Waals surface area contributed by atoms with Crippen LogP contribution in [0.1, 0.15) is 31.7 Å². The van der Waals surface area contributed by atoms with Gasteiger partial charge in [0, 0.05) is 29.4 Å². The summed E-state index contributed by atoms with van der Waals surface area (Å²) in [5.74, 6) is 1.88. The quantitative estimate of drug-likeness (QED) is 0.480. The van der Waals surface area contributed by atoms with Crippen molar-refractivity contribution >= 4 is 22.7 Å². The number of pyridine rings is 1. The summed E-state index contributed by atoms with van der Waals surface area (Å²) in [6, 6.07) is 22.3. The van der Waals surface area contributed by atoms with E-state index in [0.29, 0.717) is 11.9 Å². The first-order chi connectivity index (χ1) is 15.2. The van der Waals surface area contributed by atoms with Gasteiger partial charge in [0.2, 0.25) is 5.95 Å². The van der Waals surface area contributed by atoms with Crippen LogP contribution in [-0.4, -0.2) is 14.5 Å². The highest BCUT2D eigenvalue weighted by Crippen LogP contribution is 2.50. The minimum absolute atomic E-state index is 0.0434. The Labute approximate surface area is 180 Å². The maximum absolute atomic E-state index is 12.8. The van der Waals surface area contributed by atoms with Crippen LogP contribution >= 0.6 is 0 Å². The molecule has 2 saturated carbocycles. The fourth-order valence-electron chi connectivity index (χ4n) is 5.45. The van der Waals surface area contributed by atoms with Crippen LogP contribution in [0.3, 0.4) is 0 Å². The van der Waals surface area contributed by atoms with E-state index in [9.17, 15) is 4.79 Å². The zero-order chi connectivity index (χ0) is 20.8. The third-order valence-electron chi connectivity index (χ3n) is 6.95. The molecule has 0 aliphatic heterocycles. The van der Waals surface area contributed by atoms with Gasteiger partial charge in [-0.05, 0) is 60.4 Å². The second-order valence-corrected chi connectivity index (χ2v) is 8.82. The van der Waals surface area contributed by atoms with E-state index < -0.39 is 0 Å².